The zero-order chi connectivity index (χ0) is 13.5. The summed E-state index contributed by atoms with van der Waals surface area (Å²) in [5.74, 6) is -0.962. The van der Waals surface area contributed by atoms with Gasteiger partial charge in [-0.3, -0.25) is 14.9 Å². The first-order valence-corrected chi connectivity index (χ1v) is 5.35. The lowest BCUT2D eigenvalue weighted by Gasteiger charge is -1.98. The van der Waals surface area contributed by atoms with Gasteiger partial charge < -0.3 is 5.32 Å². The van der Waals surface area contributed by atoms with Gasteiger partial charge in [-0.25, -0.2) is 0 Å². The zero-order valence-electron chi connectivity index (χ0n) is 9.85. The Balaban J connectivity index is 2.62. The Hall–Kier alpha value is -2.24. The molecular weight excluding hydrogens is 239 g/mol. The lowest BCUT2D eigenvalue weighted by Crippen LogP contribution is -2.20. The van der Waals surface area contributed by atoms with E-state index >= 15 is 0 Å². The maximum absolute atomic E-state index is 13.0. The molecule has 1 N–H and O–H groups in total. The van der Waals surface area contributed by atoms with Crippen LogP contribution in [0.1, 0.15) is 18.9 Å². The number of nitro groups is 1. The van der Waals surface area contributed by atoms with Gasteiger partial charge in [-0.1, -0.05) is 18.2 Å². The van der Waals surface area contributed by atoms with Crippen LogP contribution in [0.3, 0.4) is 0 Å². The number of carbonyl (C=O) groups excluding carboxylic acids is 1. The number of rotatable bonds is 5. The SMILES string of the molecule is CC(=O)NCCC=Cc1ccc(F)c([N+](=O)[O-])c1. The van der Waals surface area contributed by atoms with Crippen LogP contribution < -0.4 is 5.32 Å². The molecule has 0 bridgehead atoms. The molecule has 0 heterocycles. The van der Waals surface area contributed by atoms with Gasteiger partial charge in [0.2, 0.25) is 11.7 Å². The third kappa shape index (κ3) is 4.32. The molecule has 0 fully saturated rings. The minimum atomic E-state index is -0.851. The van der Waals surface area contributed by atoms with Gasteiger partial charge >= 0.3 is 5.69 Å². The minimum absolute atomic E-state index is 0.110. The van der Waals surface area contributed by atoms with Crippen LogP contribution in [0.5, 0.6) is 0 Å². The average molecular weight is 252 g/mol. The van der Waals surface area contributed by atoms with Gasteiger partial charge in [-0.2, -0.15) is 4.39 Å². The molecule has 1 amide bonds. The molecule has 0 aliphatic carbocycles. The number of nitrogens with one attached hydrogen (secondary N) is 1. The van der Waals surface area contributed by atoms with Crippen molar-refractivity contribution in [1.82, 2.24) is 5.32 Å². The molecule has 0 spiro atoms. The first-order chi connectivity index (χ1) is 8.50. The van der Waals surface area contributed by atoms with Crippen molar-refractivity contribution in [2.24, 2.45) is 0 Å². The lowest BCUT2D eigenvalue weighted by molar-refractivity contribution is -0.387. The highest BCUT2D eigenvalue weighted by Gasteiger charge is 2.12. The first kappa shape index (κ1) is 13.8. The molecule has 96 valence electrons. The van der Waals surface area contributed by atoms with Gasteiger partial charge in [0.1, 0.15) is 0 Å². The van der Waals surface area contributed by atoms with Crippen molar-refractivity contribution in [3.05, 3.63) is 45.8 Å². The molecule has 0 saturated carbocycles. The van der Waals surface area contributed by atoms with Gasteiger partial charge in [-0.05, 0) is 18.1 Å². The van der Waals surface area contributed by atoms with E-state index in [1.165, 1.54) is 19.1 Å². The average Bonchev–Trinajstić information content (AvgIpc) is 2.30. The van der Waals surface area contributed by atoms with E-state index in [2.05, 4.69) is 5.32 Å². The fourth-order valence-corrected chi connectivity index (χ4v) is 1.32. The summed E-state index contributed by atoms with van der Waals surface area (Å²) in [6.45, 7) is 1.92. The fraction of sp³-hybridized carbons (Fsp3) is 0.250. The highest BCUT2D eigenvalue weighted by molar-refractivity contribution is 5.72. The van der Waals surface area contributed by atoms with Gasteiger partial charge in [0.25, 0.3) is 0 Å². The van der Waals surface area contributed by atoms with E-state index in [1.807, 2.05) is 0 Å². The monoisotopic (exact) mass is 252 g/mol. The Morgan fingerprint density at radius 3 is 2.89 bits per heavy atom. The normalized spacial score (nSPS) is 10.6. The molecule has 0 saturated heterocycles. The number of hydrogen-bond acceptors (Lipinski definition) is 3. The predicted octanol–water partition coefficient (Wildman–Crippen LogP) is 2.27. The van der Waals surface area contributed by atoms with Crippen LogP contribution in [0, 0.1) is 15.9 Å². The number of carbonyl (C=O) groups is 1. The van der Waals surface area contributed by atoms with Gasteiger partial charge in [0.05, 0.1) is 4.92 Å². The van der Waals surface area contributed by atoms with Crippen LogP contribution in [0.15, 0.2) is 24.3 Å². The van der Waals surface area contributed by atoms with E-state index in [9.17, 15) is 19.3 Å². The summed E-state index contributed by atoms with van der Waals surface area (Å²) >= 11 is 0. The topological polar surface area (TPSA) is 72.2 Å². The fourth-order valence-electron chi connectivity index (χ4n) is 1.32. The Kier molecular flexibility index (Phi) is 4.98. The van der Waals surface area contributed by atoms with Crippen LogP contribution in [0.2, 0.25) is 0 Å². The minimum Gasteiger partial charge on any atom is -0.356 e. The first-order valence-electron chi connectivity index (χ1n) is 5.35. The number of hydrogen-bond donors (Lipinski definition) is 1. The third-order valence-corrected chi connectivity index (χ3v) is 2.16. The van der Waals surface area contributed by atoms with E-state index in [-0.39, 0.29) is 5.91 Å². The molecule has 0 aliphatic heterocycles. The predicted molar refractivity (Wildman–Crippen MR) is 65.4 cm³/mol. The number of benzene rings is 1. The van der Waals surface area contributed by atoms with Crippen LogP contribution in [0.25, 0.3) is 6.08 Å². The maximum atomic E-state index is 13.0. The molecule has 0 aliphatic rings. The molecule has 1 aromatic rings. The summed E-state index contributed by atoms with van der Waals surface area (Å²) in [4.78, 5) is 20.3. The van der Waals surface area contributed by atoms with E-state index in [0.717, 1.165) is 6.07 Å². The summed E-state index contributed by atoms with van der Waals surface area (Å²) in [5.41, 5.74) is 0.00457. The van der Waals surface area contributed by atoms with E-state index in [4.69, 9.17) is 0 Å². The molecule has 0 aromatic heterocycles. The summed E-state index contributed by atoms with van der Waals surface area (Å²) < 4.78 is 13.0. The van der Waals surface area contributed by atoms with Crippen molar-refractivity contribution >= 4 is 17.7 Å². The molecule has 5 nitrogen and oxygen atoms in total. The second-order valence-electron chi connectivity index (χ2n) is 3.64. The van der Waals surface area contributed by atoms with Gasteiger partial charge in [-0.15, -0.1) is 0 Å². The Morgan fingerprint density at radius 1 is 1.56 bits per heavy atom. The molecule has 0 unspecified atom stereocenters. The maximum Gasteiger partial charge on any atom is 0.305 e. The number of nitrogens with zero attached hydrogens (tertiary/aromatic N) is 1. The van der Waals surface area contributed by atoms with E-state index in [1.54, 1.807) is 12.2 Å². The van der Waals surface area contributed by atoms with Crippen molar-refractivity contribution in [3.63, 3.8) is 0 Å². The summed E-state index contributed by atoms with van der Waals surface area (Å²) in [6, 6.07) is 3.69. The van der Waals surface area contributed by atoms with Crippen molar-refractivity contribution < 1.29 is 14.1 Å². The molecular formula is C12H13FN2O3. The Morgan fingerprint density at radius 2 is 2.28 bits per heavy atom. The van der Waals surface area contributed by atoms with Crippen LogP contribution in [-0.2, 0) is 4.79 Å². The van der Waals surface area contributed by atoms with Crippen molar-refractivity contribution in [2.45, 2.75) is 13.3 Å². The van der Waals surface area contributed by atoms with Gasteiger partial charge in [0, 0.05) is 19.5 Å². The molecule has 1 rings (SSSR count). The molecule has 0 radical (unpaired) electrons. The molecule has 18 heavy (non-hydrogen) atoms. The second kappa shape index (κ2) is 6.48. The largest absolute Gasteiger partial charge is 0.356 e. The molecule has 6 heteroatoms. The van der Waals surface area contributed by atoms with Crippen LogP contribution >= 0.6 is 0 Å². The van der Waals surface area contributed by atoms with Crippen LogP contribution in [0.4, 0.5) is 10.1 Å². The lowest BCUT2D eigenvalue weighted by atomic mass is 10.1. The highest BCUT2D eigenvalue weighted by atomic mass is 19.1. The summed E-state index contributed by atoms with van der Waals surface area (Å²) in [7, 11) is 0. The Bertz CT molecular complexity index is 486. The summed E-state index contributed by atoms with van der Waals surface area (Å²) in [6.07, 6.45) is 4.01. The number of halogens is 1. The van der Waals surface area contributed by atoms with Crippen molar-refractivity contribution in [2.75, 3.05) is 6.54 Å². The molecule has 0 atom stereocenters. The zero-order valence-corrected chi connectivity index (χ0v) is 9.85. The van der Waals surface area contributed by atoms with Crippen molar-refractivity contribution in [1.29, 1.82) is 0 Å². The third-order valence-electron chi connectivity index (χ3n) is 2.16. The van der Waals surface area contributed by atoms with E-state index < -0.39 is 16.4 Å². The number of nitro benzene ring substituents is 1. The molecule has 1 aromatic carbocycles. The number of amides is 1. The Labute approximate surface area is 103 Å². The smallest absolute Gasteiger partial charge is 0.305 e. The van der Waals surface area contributed by atoms with Crippen LogP contribution in [-0.4, -0.2) is 17.4 Å². The van der Waals surface area contributed by atoms with Crippen molar-refractivity contribution in [3.8, 4) is 0 Å². The highest BCUT2D eigenvalue weighted by Crippen LogP contribution is 2.19. The summed E-state index contributed by atoms with van der Waals surface area (Å²) in [5, 5.41) is 13.1. The standard InChI is InChI=1S/C12H13FN2O3/c1-9(16)14-7-3-2-4-10-5-6-11(13)12(8-10)15(17)18/h2,4-6,8H,3,7H2,1H3,(H,14,16). The van der Waals surface area contributed by atoms with E-state index in [0.29, 0.717) is 18.5 Å². The second-order valence-corrected chi connectivity index (χ2v) is 3.64. The quantitative estimate of drug-likeness (QED) is 0.496. The van der Waals surface area contributed by atoms with Gasteiger partial charge in [0.15, 0.2) is 0 Å².